The third-order valence-corrected chi connectivity index (χ3v) is 2.72. The van der Waals surface area contributed by atoms with E-state index in [2.05, 4.69) is 0 Å². The number of alkyl halides is 1. The molecule has 2 heteroatoms. The largest absolute Gasteiger partial charge is 0.238 e. The summed E-state index contributed by atoms with van der Waals surface area (Å²) in [6.07, 6.45) is 0. The number of hydrogen-bond donors (Lipinski definition) is 0. The maximum Gasteiger partial charge on any atom is 0.139 e. The molecular formula is C8H11FS. The highest BCUT2D eigenvalue weighted by Crippen LogP contribution is 2.31. The van der Waals surface area contributed by atoms with Crippen LogP contribution in [0.4, 0.5) is 4.39 Å². The van der Waals surface area contributed by atoms with Gasteiger partial charge in [0.25, 0.3) is 0 Å². The van der Waals surface area contributed by atoms with Gasteiger partial charge < -0.3 is 0 Å². The van der Waals surface area contributed by atoms with Crippen molar-refractivity contribution in [3.05, 3.63) is 21.9 Å². The zero-order valence-electron chi connectivity index (χ0n) is 6.44. The molecule has 0 fully saturated rings. The fraction of sp³-hybridized carbons (Fsp3) is 0.500. The molecule has 1 heterocycles. The van der Waals surface area contributed by atoms with Gasteiger partial charge in [0, 0.05) is 4.88 Å². The van der Waals surface area contributed by atoms with Crippen molar-refractivity contribution in [2.45, 2.75) is 26.4 Å². The van der Waals surface area contributed by atoms with Crippen LogP contribution in [0, 0.1) is 6.92 Å². The quantitative estimate of drug-likeness (QED) is 0.588. The van der Waals surface area contributed by atoms with Crippen LogP contribution in [0.3, 0.4) is 0 Å². The Kier molecular flexibility index (Phi) is 1.82. The molecule has 0 amide bonds. The predicted molar refractivity (Wildman–Crippen MR) is 43.2 cm³/mol. The Hall–Kier alpha value is -0.370. The van der Waals surface area contributed by atoms with Gasteiger partial charge in [0.1, 0.15) is 5.67 Å². The second-order valence-corrected chi connectivity index (χ2v) is 3.82. The van der Waals surface area contributed by atoms with Crippen molar-refractivity contribution in [1.29, 1.82) is 0 Å². The second-order valence-electron chi connectivity index (χ2n) is 2.91. The first-order chi connectivity index (χ1) is 4.52. The minimum Gasteiger partial charge on any atom is -0.238 e. The predicted octanol–water partition coefficient (Wildman–Crippen LogP) is 3.26. The Balaban J connectivity index is 3.05. The zero-order chi connectivity index (χ0) is 7.78. The highest BCUT2D eigenvalue weighted by atomic mass is 32.1. The van der Waals surface area contributed by atoms with E-state index in [-0.39, 0.29) is 0 Å². The second kappa shape index (κ2) is 2.35. The summed E-state index contributed by atoms with van der Waals surface area (Å²) in [6.45, 7) is 5.12. The van der Waals surface area contributed by atoms with E-state index in [1.54, 1.807) is 13.8 Å². The van der Waals surface area contributed by atoms with Gasteiger partial charge in [-0.05, 0) is 37.8 Å². The first-order valence-electron chi connectivity index (χ1n) is 3.25. The first-order valence-corrected chi connectivity index (χ1v) is 4.13. The molecule has 0 aliphatic heterocycles. The van der Waals surface area contributed by atoms with Crippen LogP contribution in [-0.4, -0.2) is 0 Å². The summed E-state index contributed by atoms with van der Waals surface area (Å²) < 4.78 is 13.2. The smallest absolute Gasteiger partial charge is 0.139 e. The molecule has 0 unspecified atom stereocenters. The number of rotatable bonds is 1. The molecule has 0 bridgehead atoms. The Morgan fingerprint density at radius 3 is 2.30 bits per heavy atom. The van der Waals surface area contributed by atoms with Crippen LogP contribution in [0.1, 0.15) is 24.3 Å². The summed E-state index contributed by atoms with van der Waals surface area (Å²) in [6, 6.07) is 1.95. The average Bonchev–Trinajstić information content (AvgIpc) is 2.11. The molecule has 0 aliphatic rings. The fourth-order valence-corrected chi connectivity index (χ4v) is 1.92. The van der Waals surface area contributed by atoms with Crippen molar-refractivity contribution in [3.8, 4) is 0 Å². The first kappa shape index (κ1) is 7.73. The lowest BCUT2D eigenvalue weighted by Crippen LogP contribution is -2.07. The van der Waals surface area contributed by atoms with Gasteiger partial charge in [0.05, 0.1) is 0 Å². The van der Waals surface area contributed by atoms with Gasteiger partial charge in [0.2, 0.25) is 0 Å². The highest BCUT2D eigenvalue weighted by Gasteiger charge is 2.21. The van der Waals surface area contributed by atoms with E-state index in [1.807, 2.05) is 18.4 Å². The topological polar surface area (TPSA) is 0 Å². The van der Waals surface area contributed by atoms with Crippen molar-refractivity contribution in [2.24, 2.45) is 0 Å². The number of hydrogen-bond acceptors (Lipinski definition) is 1. The van der Waals surface area contributed by atoms with E-state index in [0.717, 1.165) is 10.4 Å². The minimum absolute atomic E-state index is 0.840. The molecule has 0 aromatic carbocycles. The van der Waals surface area contributed by atoms with Gasteiger partial charge in [0.15, 0.2) is 0 Å². The lowest BCUT2D eigenvalue weighted by molar-refractivity contribution is 0.226. The van der Waals surface area contributed by atoms with Crippen LogP contribution in [0.15, 0.2) is 11.4 Å². The molecular weight excluding hydrogens is 147 g/mol. The van der Waals surface area contributed by atoms with Crippen LogP contribution in [0.2, 0.25) is 0 Å². The zero-order valence-corrected chi connectivity index (χ0v) is 7.26. The van der Waals surface area contributed by atoms with Gasteiger partial charge in [-0.25, -0.2) is 4.39 Å². The third-order valence-electron chi connectivity index (χ3n) is 1.40. The van der Waals surface area contributed by atoms with Crippen LogP contribution in [0.5, 0.6) is 0 Å². The Morgan fingerprint density at radius 2 is 2.10 bits per heavy atom. The van der Waals surface area contributed by atoms with Crippen molar-refractivity contribution >= 4 is 11.3 Å². The molecule has 0 spiro atoms. The minimum atomic E-state index is -1.17. The van der Waals surface area contributed by atoms with Gasteiger partial charge in [-0.3, -0.25) is 0 Å². The lowest BCUT2D eigenvalue weighted by Gasteiger charge is -2.12. The van der Waals surface area contributed by atoms with E-state index < -0.39 is 5.67 Å². The molecule has 0 saturated heterocycles. The fourth-order valence-electron chi connectivity index (χ4n) is 0.982. The molecule has 0 nitrogen and oxygen atoms in total. The molecule has 1 rings (SSSR count). The van der Waals surface area contributed by atoms with Crippen LogP contribution in [0.25, 0.3) is 0 Å². The molecule has 0 saturated carbocycles. The normalized spacial score (nSPS) is 12.0. The molecule has 10 heavy (non-hydrogen) atoms. The molecule has 0 atom stereocenters. The molecule has 0 N–H and O–H groups in total. The Labute approximate surface area is 64.7 Å². The van der Waals surface area contributed by atoms with Gasteiger partial charge in [-0.15, -0.1) is 11.3 Å². The standard InChI is InChI=1S/C8H11FS/c1-6-4-5-10-7(6)8(2,3)9/h4-5H,1-3H3. The SMILES string of the molecule is Cc1ccsc1C(C)(C)F. The van der Waals surface area contributed by atoms with Crippen molar-refractivity contribution in [3.63, 3.8) is 0 Å². The van der Waals surface area contributed by atoms with E-state index in [1.165, 1.54) is 11.3 Å². The maximum absolute atomic E-state index is 13.2. The van der Waals surface area contributed by atoms with Gasteiger partial charge in [-0.1, -0.05) is 0 Å². The molecule has 56 valence electrons. The monoisotopic (exact) mass is 158 g/mol. The maximum atomic E-state index is 13.2. The van der Waals surface area contributed by atoms with Crippen LogP contribution in [-0.2, 0) is 5.67 Å². The molecule has 1 aromatic heterocycles. The molecule has 1 aromatic rings. The Bertz CT molecular complexity index is 219. The van der Waals surface area contributed by atoms with Crippen LogP contribution < -0.4 is 0 Å². The molecule has 0 aliphatic carbocycles. The highest BCUT2D eigenvalue weighted by molar-refractivity contribution is 7.10. The van der Waals surface area contributed by atoms with Gasteiger partial charge >= 0.3 is 0 Å². The summed E-state index contributed by atoms with van der Waals surface area (Å²) in [5.41, 5.74) is -0.115. The number of thiophene rings is 1. The van der Waals surface area contributed by atoms with Crippen molar-refractivity contribution in [1.82, 2.24) is 0 Å². The average molecular weight is 158 g/mol. The Morgan fingerprint density at radius 1 is 1.50 bits per heavy atom. The summed E-state index contributed by atoms with van der Waals surface area (Å²) in [5.74, 6) is 0. The van der Waals surface area contributed by atoms with Crippen molar-refractivity contribution < 1.29 is 4.39 Å². The summed E-state index contributed by atoms with van der Waals surface area (Å²) in [5, 5.41) is 1.92. The lowest BCUT2D eigenvalue weighted by atomic mass is 10.1. The summed E-state index contributed by atoms with van der Waals surface area (Å²) >= 11 is 1.48. The molecule has 0 radical (unpaired) electrons. The number of halogens is 1. The van der Waals surface area contributed by atoms with E-state index in [0.29, 0.717) is 0 Å². The van der Waals surface area contributed by atoms with Crippen molar-refractivity contribution in [2.75, 3.05) is 0 Å². The van der Waals surface area contributed by atoms with E-state index in [4.69, 9.17) is 0 Å². The van der Waals surface area contributed by atoms with E-state index >= 15 is 0 Å². The summed E-state index contributed by atoms with van der Waals surface area (Å²) in [7, 11) is 0. The third kappa shape index (κ3) is 1.37. The number of aryl methyl sites for hydroxylation is 1. The van der Waals surface area contributed by atoms with E-state index in [9.17, 15) is 4.39 Å². The van der Waals surface area contributed by atoms with Gasteiger partial charge in [-0.2, -0.15) is 0 Å². The van der Waals surface area contributed by atoms with Crippen LogP contribution >= 0.6 is 11.3 Å². The summed E-state index contributed by atoms with van der Waals surface area (Å²) in [4.78, 5) is 0.840.